The van der Waals surface area contributed by atoms with Gasteiger partial charge < -0.3 is 0 Å². The summed E-state index contributed by atoms with van der Waals surface area (Å²) < 4.78 is 0. The molecule has 0 amide bonds. The molecule has 0 heterocycles. The van der Waals surface area contributed by atoms with Gasteiger partial charge in [0.1, 0.15) is 5.78 Å². The zero-order valence-electron chi connectivity index (χ0n) is 11.1. The van der Waals surface area contributed by atoms with Gasteiger partial charge in [-0.3, -0.25) is 4.79 Å². The van der Waals surface area contributed by atoms with Gasteiger partial charge in [-0.05, 0) is 42.9 Å². The van der Waals surface area contributed by atoms with Crippen molar-refractivity contribution in [3.05, 3.63) is 0 Å². The first-order chi connectivity index (χ1) is 7.56. The molecule has 4 unspecified atom stereocenters. The Hall–Kier alpha value is -0.330. The Labute approximate surface area is 100.0 Å². The minimum atomic E-state index is 0.419. The van der Waals surface area contributed by atoms with E-state index in [1.165, 1.54) is 38.5 Å². The minimum Gasteiger partial charge on any atom is -0.299 e. The Morgan fingerprint density at radius 2 is 2.12 bits per heavy atom. The third-order valence-electron chi connectivity index (χ3n) is 5.31. The van der Waals surface area contributed by atoms with Crippen molar-refractivity contribution in [2.45, 2.75) is 65.7 Å². The smallest absolute Gasteiger partial charge is 0.136 e. The van der Waals surface area contributed by atoms with Crippen LogP contribution in [0.3, 0.4) is 0 Å². The Bertz CT molecular complexity index is 271. The van der Waals surface area contributed by atoms with Gasteiger partial charge in [0.2, 0.25) is 0 Å². The molecule has 16 heavy (non-hydrogen) atoms. The molecule has 0 saturated heterocycles. The second kappa shape index (κ2) is 4.50. The van der Waals surface area contributed by atoms with Crippen molar-refractivity contribution in [2.24, 2.45) is 23.2 Å². The molecule has 0 aromatic rings. The van der Waals surface area contributed by atoms with Crippen LogP contribution in [-0.2, 0) is 4.79 Å². The lowest BCUT2D eigenvalue weighted by atomic mass is 9.69. The predicted molar refractivity (Wildman–Crippen MR) is 67.3 cm³/mol. The summed E-state index contributed by atoms with van der Waals surface area (Å²) in [5.74, 6) is 2.62. The molecule has 0 N–H and O–H groups in total. The molecule has 2 saturated carbocycles. The van der Waals surface area contributed by atoms with Gasteiger partial charge >= 0.3 is 0 Å². The molecule has 1 nitrogen and oxygen atoms in total. The van der Waals surface area contributed by atoms with E-state index in [-0.39, 0.29) is 0 Å². The summed E-state index contributed by atoms with van der Waals surface area (Å²) in [4.78, 5) is 11.9. The quantitative estimate of drug-likeness (QED) is 0.696. The van der Waals surface area contributed by atoms with Crippen LogP contribution in [0.15, 0.2) is 0 Å². The summed E-state index contributed by atoms with van der Waals surface area (Å²) in [6.45, 7) is 7.02. The highest BCUT2D eigenvalue weighted by atomic mass is 16.1. The summed E-state index contributed by atoms with van der Waals surface area (Å²) in [6.07, 6.45) is 8.47. The first-order valence-corrected chi connectivity index (χ1v) is 7.09. The number of carbonyl (C=O) groups is 1. The monoisotopic (exact) mass is 222 g/mol. The number of hydrogen-bond donors (Lipinski definition) is 0. The van der Waals surface area contributed by atoms with E-state index in [2.05, 4.69) is 20.8 Å². The highest BCUT2D eigenvalue weighted by molar-refractivity contribution is 5.84. The normalized spacial score (nSPS) is 37.4. The van der Waals surface area contributed by atoms with Crippen molar-refractivity contribution >= 4 is 5.78 Å². The fourth-order valence-electron chi connectivity index (χ4n) is 3.94. The van der Waals surface area contributed by atoms with Gasteiger partial charge in [0.05, 0.1) is 0 Å². The Morgan fingerprint density at radius 3 is 2.81 bits per heavy atom. The molecule has 2 aliphatic carbocycles. The summed E-state index contributed by atoms with van der Waals surface area (Å²) >= 11 is 0. The molecule has 2 aliphatic rings. The number of Topliss-reactive ketones (excluding diaryl/α,β-unsaturated/α-hetero) is 1. The van der Waals surface area contributed by atoms with Crippen LogP contribution in [0.5, 0.6) is 0 Å². The molecule has 0 radical (unpaired) electrons. The SMILES string of the molecule is CCC(C)C(C)CC12CCCC(C1)C(=O)C2. The lowest BCUT2D eigenvalue weighted by Crippen LogP contribution is -2.25. The molecular weight excluding hydrogens is 196 g/mol. The van der Waals surface area contributed by atoms with E-state index in [0.717, 1.165) is 18.3 Å². The van der Waals surface area contributed by atoms with Crippen LogP contribution in [0, 0.1) is 23.2 Å². The molecule has 0 spiro atoms. The molecule has 0 aliphatic heterocycles. The standard InChI is InChI=1S/C15H26O/c1-4-11(2)12(3)8-15-7-5-6-13(9-15)14(16)10-15/h11-13H,4-10H2,1-3H3. The van der Waals surface area contributed by atoms with Crippen molar-refractivity contribution < 1.29 is 4.79 Å². The zero-order valence-corrected chi connectivity index (χ0v) is 11.1. The zero-order chi connectivity index (χ0) is 11.8. The Morgan fingerprint density at radius 1 is 1.38 bits per heavy atom. The molecule has 2 bridgehead atoms. The van der Waals surface area contributed by atoms with Gasteiger partial charge in [0, 0.05) is 12.3 Å². The Kier molecular flexibility index (Phi) is 3.42. The predicted octanol–water partition coefficient (Wildman–Crippen LogP) is 4.21. The van der Waals surface area contributed by atoms with E-state index in [1.54, 1.807) is 0 Å². The maximum atomic E-state index is 11.9. The molecule has 0 aromatic heterocycles. The van der Waals surface area contributed by atoms with E-state index in [4.69, 9.17) is 0 Å². The number of rotatable bonds is 4. The minimum absolute atomic E-state index is 0.419. The van der Waals surface area contributed by atoms with Gasteiger partial charge in [-0.25, -0.2) is 0 Å². The van der Waals surface area contributed by atoms with Gasteiger partial charge in [0.15, 0.2) is 0 Å². The van der Waals surface area contributed by atoms with Crippen LogP contribution in [0.1, 0.15) is 65.7 Å². The molecular formula is C15H26O. The van der Waals surface area contributed by atoms with E-state index < -0.39 is 0 Å². The van der Waals surface area contributed by atoms with Crippen LogP contribution >= 0.6 is 0 Å². The highest BCUT2D eigenvalue weighted by Crippen LogP contribution is 2.53. The first-order valence-electron chi connectivity index (χ1n) is 7.09. The topological polar surface area (TPSA) is 17.1 Å². The van der Waals surface area contributed by atoms with Crippen LogP contribution in [0.4, 0.5) is 0 Å². The largest absolute Gasteiger partial charge is 0.299 e. The first kappa shape index (κ1) is 12.1. The van der Waals surface area contributed by atoms with Gasteiger partial charge in [0.25, 0.3) is 0 Å². The fourth-order valence-corrected chi connectivity index (χ4v) is 3.94. The van der Waals surface area contributed by atoms with Crippen molar-refractivity contribution in [1.82, 2.24) is 0 Å². The molecule has 1 heteroatoms. The average Bonchev–Trinajstić information content (AvgIpc) is 2.48. The fraction of sp³-hybridized carbons (Fsp3) is 0.933. The number of carbonyl (C=O) groups excluding carboxylic acids is 1. The molecule has 4 atom stereocenters. The number of fused-ring (bicyclic) bond motifs is 2. The van der Waals surface area contributed by atoms with Crippen molar-refractivity contribution in [2.75, 3.05) is 0 Å². The molecule has 2 rings (SSSR count). The molecule has 0 aromatic carbocycles. The average molecular weight is 222 g/mol. The summed E-state index contributed by atoms with van der Waals surface area (Å²) in [7, 11) is 0. The van der Waals surface area contributed by atoms with E-state index in [0.29, 0.717) is 17.1 Å². The van der Waals surface area contributed by atoms with Crippen molar-refractivity contribution in [3.8, 4) is 0 Å². The second-order valence-electron chi connectivity index (χ2n) is 6.50. The molecule has 92 valence electrons. The van der Waals surface area contributed by atoms with Crippen molar-refractivity contribution in [3.63, 3.8) is 0 Å². The highest BCUT2D eigenvalue weighted by Gasteiger charge is 2.47. The van der Waals surface area contributed by atoms with Crippen LogP contribution in [-0.4, -0.2) is 5.78 Å². The van der Waals surface area contributed by atoms with Gasteiger partial charge in [-0.1, -0.05) is 33.6 Å². The lowest BCUT2D eigenvalue weighted by Gasteiger charge is -2.36. The van der Waals surface area contributed by atoms with Crippen LogP contribution in [0.25, 0.3) is 0 Å². The number of hydrogen-bond acceptors (Lipinski definition) is 1. The van der Waals surface area contributed by atoms with E-state index >= 15 is 0 Å². The maximum Gasteiger partial charge on any atom is 0.136 e. The van der Waals surface area contributed by atoms with E-state index in [1.807, 2.05) is 0 Å². The Balaban J connectivity index is 2.01. The van der Waals surface area contributed by atoms with Crippen molar-refractivity contribution in [1.29, 1.82) is 0 Å². The molecule has 2 fully saturated rings. The second-order valence-corrected chi connectivity index (χ2v) is 6.50. The van der Waals surface area contributed by atoms with Crippen LogP contribution in [0.2, 0.25) is 0 Å². The summed E-state index contributed by atoms with van der Waals surface area (Å²) in [6, 6.07) is 0. The third kappa shape index (κ3) is 2.19. The third-order valence-corrected chi connectivity index (χ3v) is 5.31. The maximum absolute atomic E-state index is 11.9. The number of ketones is 1. The van der Waals surface area contributed by atoms with Gasteiger partial charge in [-0.15, -0.1) is 0 Å². The summed E-state index contributed by atoms with van der Waals surface area (Å²) in [5, 5.41) is 0. The van der Waals surface area contributed by atoms with E-state index in [9.17, 15) is 4.79 Å². The van der Waals surface area contributed by atoms with Gasteiger partial charge in [-0.2, -0.15) is 0 Å². The summed E-state index contributed by atoms with van der Waals surface area (Å²) in [5.41, 5.74) is 0.419. The van der Waals surface area contributed by atoms with Crippen LogP contribution < -0.4 is 0 Å². The lowest BCUT2D eigenvalue weighted by molar-refractivity contribution is -0.120.